The largest absolute Gasteiger partial charge is 0.465 e. The molecular weight excluding hydrogens is 725 g/mol. The van der Waals surface area contributed by atoms with Crippen LogP contribution in [0.2, 0.25) is 0 Å². The highest BCUT2D eigenvalue weighted by molar-refractivity contribution is 7.91. The van der Waals surface area contributed by atoms with E-state index < -0.39 is 92.1 Å². The third-order valence-corrected chi connectivity index (χ3v) is 11.9. The van der Waals surface area contributed by atoms with Crippen LogP contribution in [-0.2, 0) is 40.5 Å². The summed E-state index contributed by atoms with van der Waals surface area (Å²) in [5.74, 6) is -4.88. The van der Waals surface area contributed by atoms with Crippen molar-refractivity contribution in [1.82, 2.24) is 25.2 Å². The number of ether oxygens (including phenoxy) is 1. The van der Waals surface area contributed by atoms with Crippen molar-refractivity contribution >= 4 is 45.7 Å². The minimum Gasteiger partial charge on any atom is -0.465 e. The molecule has 0 spiro atoms. The Labute approximate surface area is 313 Å². The second kappa shape index (κ2) is 15.1. The summed E-state index contributed by atoms with van der Waals surface area (Å²) in [5, 5.41) is 14.7. The van der Waals surface area contributed by atoms with Crippen molar-refractivity contribution in [3.05, 3.63) is 59.4 Å². The van der Waals surface area contributed by atoms with E-state index in [2.05, 4.69) is 21.9 Å². The Morgan fingerprint density at radius 1 is 1.13 bits per heavy atom. The van der Waals surface area contributed by atoms with Gasteiger partial charge in [-0.1, -0.05) is 23.8 Å². The van der Waals surface area contributed by atoms with E-state index in [1.807, 2.05) is 0 Å². The predicted octanol–water partition coefficient (Wildman–Crippen LogP) is 3.46. The van der Waals surface area contributed by atoms with E-state index in [4.69, 9.17) is 4.74 Å². The number of likely N-dealkylation sites (tertiary alicyclic amines) is 1. The fourth-order valence-electron chi connectivity index (χ4n) is 7.35. The van der Waals surface area contributed by atoms with Crippen LogP contribution < -0.4 is 15.4 Å². The van der Waals surface area contributed by atoms with Crippen LogP contribution >= 0.6 is 0 Å². The smallest absolute Gasteiger partial charge is 0.408 e. The molecule has 1 saturated heterocycles. The summed E-state index contributed by atoms with van der Waals surface area (Å²) in [6, 6.07) is 0.537. The highest BCUT2D eigenvalue weighted by Gasteiger charge is 2.62. The van der Waals surface area contributed by atoms with E-state index in [0.29, 0.717) is 18.4 Å². The molecule has 294 valence electrons. The van der Waals surface area contributed by atoms with Crippen molar-refractivity contribution in [2.45, 2.75) is 114 Å². The third-order valence-electron chi connectivity index (χ3n) is 10.1. The number of carboxylic acid groups (broad SMARTS) is 1. The van der Waals surface area contributed by atoms with E-state index in [1.165, 1.54) is 29.2 Å². The number of carbonyl (C=O) groups is 6. The highest BCUT2D eigenvalue weighted by atomic mass is 32.2. The molecule has 15 nitrogen and oxygen atoms in total. The van der Waals surface area contributed by atoms with Crippen molar-refractivity contribution < 1.29 is 51.4 Å². The Kier molecular flexibility index (Phi) is 11.3. The molecule has 0 aromatic heterocycles. The number of nitrogens with one attached hydrogen (secondary N) is 3. The average Bonchev–Trinajstić information content (AvgIpc) is 3.95. The van der Waals surface area contributed by atoms with Gasteiger partial charge in [-0.3, -0.25) is 28.8 Å². The van der Waals surface area contributed by atoms with Gasteiger partial charge in [-0.15, -0.1) is 6.58 Å². The van der Waals surface area contributed by atoms with Gasteiger partial charge in [0, 0.05) is 30.4 Å². The maximum Gasteiger partial charge on any atom is 0.408 e. The number of amides is 5. The molecule has 1 aromatic rings. The lowest BCUT2D eigenvalue weighted by Gasteiger charge is -2.31. The van der Waals surface area contributed by atoms with Crippen molar-refractivity contribution in [2.24, 2.45) is 11.8 Å². The van der Waals surface area contributed by atoms with Crippen LogP contribution in [0.25, 0.3) is 0 Å². The van der Waals surface area contributed by atoms with Gasteiger partial charge in [0.2, 0.25) is 21.8 Å². The molecule has 1 unspecified atom stereocenters. The van der Waals surface area contributed by atoms with Gasteiger partial charge in [0.1, 0.15) is 29.0 Å². The molecule has 2 saturated carbocycles. The molecule has 1 aromatic carbocycles. The predicted molar refractivity (Wildman–Crippen MR) is 192 cm³/mol. The number of ketones is 1. The fourth-order valence-corrected chi connectivity index (χ4v) is 8.71. The minimum absolute atomic E-state index is 0.0374. The Balaban J connectivity index is 1.50. The molecule has 2 aliphatic carbocycles. The number of benzene rings is 1. The van der Waals surface area contributed by atoms with Crippen LogP contribution in [0.1, 0.15) is 90.3 Å². The van der Waals surface area contributed by atoms with Gasteiger partial charge in [0.25, 0.3) is 5.91 Å². The fraction of sp³-hybridized carbons (Fsp3) is 0.568. The van der Waals surface area contributed by atoms with Crippen molar-refractivity contribution in [2.75, 3.05) is 6.54 Å². The molecule has 4 aliphatic rings. The van der Waals surface area contributed by atoms with Crippen LogP contribution in [-0.4, -0.2) is 94.0 Å². The monoisotopic (exact) mass is 773 g/mol. The number of rotatable bonds is 13. The van der Waals surface area contributed by atoms with E-state index in [0.717, 1.165) is 10.5 Å². The Bertz CT molecular complexity index is 1890. The first-order chi connectivity index (χ1) is 25.2. The molecule has 2 aliphatic heterocycles. The first kappa shape index (κ1) is 40.4. The van der Waals surface area contributed by atoms with Gasteiger partial charge in [0.15, 0.2) is 5.78 Å². The molecule has 3 fully saturated rings. The Morgan fingerprint density at radius 3 is 2.39 bits per heavy atom. The van der Waals surface area contributed by atoms with Crippen LogP contribution in [0.15, 0.2) is 42.5 Å². The number of halogens is 1. The first-order valence-electron chi connectivity index (χ1n) is 17.9. The lowest BCUT2D eigenvalue weighted by Crippen LogP contribution is -2.58. The first-order valence-corrected chi connectivity index (χ1v) is 19.5. The zero-order chi connectivity index (χ0) is 39.9. The summed E-state index contributed by atoms with van der Waals surface area (Å²) >= 11 is 0. The van der Waals surface area contributed by atoms with Crippen LogP contribution in [0.5, 0.6) is 0 Å². The van der Waals surface area contributed by atoms with Gasteiger partial charge in [-0.2, -0.15) is 0 Å². The van der Waals surface area contributed by atoms with E-state index in [-0.39, 0.29) is 50.1 Å². The molecule has 5 rings (SSSR count). The van der Waals surface area contributed by atoms with Gasteiger partial charge in [-0.25, -0.2) is 22.4 Å². The highest BCUT2D eigenvalue weighted by Crippen LogP contribution is 2.47. The second-order valence-electron chi connectivity index (χ2n) is 15.8. The number of sulfonamides is 1. The Hall–Kier alpha value is -4.80. The molecule has 54 heavy (non-hydrogen) atoms. The van der Waals surface area contributed by atoms with Crippen molar-refractivity contribution in [1.29, 1.82) is 0 Å². The topological polar surface area (TPSA) is 209 Å². The molecule has 0 radical (unpaired) electrons. The summed E-state index contributed by atoms with van der Waals surface area (Å²) in [4.78, 5) is 82.8. The maximum atomic E-state index is 15.0. The van der Waals surface area contributed by atoms with Crippen LogP contribution in [0.3, 0.4) is 0 Å². The Morgan fingerprint density at radius 2 is 1.81 bits per heavy atom. The van der Waals surface area contributed by atoms with Crippen LogP contribution in [0.4, 0.5) is 14.0 Å². The summed E-state index contributed by atoms with van der Waals surface area (Å²) in [6.45, 7) is 11.6. The zero-order valence-corrected chi connectivity index (χ0v) is 31.8. The summed E-state index contributed by atoms with van der Waals surface area (Å²) in [7, 11) is -3.99. The van der Waals surface area contributed by atoms with Crippen LogP contribution in [0, 0.1) is 17.7 Å². The average molecular weight is 774 g/mol. The van der Waals surface area contributed by atoms with Crippen molar-refractivity contribution in [3.8, 4) is 0 Å². The number of allylic oxidation sites excluding steroid dienone is 2. The SMILES string of the molecule is C=C[C@@H]1C[C@]1(NC(=O)[C@@H]1C[C@@H](C2c3cccc(F)c3CN2C(=O)O)CN1C(=O)[C@H](CCC(=O)C=C(C)C)NC(=O)OC(C)(C)C)C(=O)NS(=O)(=O)C1CC1. The summed E-state index contributed by atoms with van der Waals surface area (Å²) in [5.41, 5.74) is -1.37. The van der Waals surface area contributed by atoms with Gasteiger partial charge in [0.05, 0.1) is 17.8 Å². The van der Waals surface area contributed by atoms with E-state index in [9.17, 15) is 46.7 Å². The number of nitrogens with zero attached hydrogens (tertiary/aromatic N) is 2. The van der Waals surface area contributed by atoms with Gasteiger partial charge >= 0.3 is 12.2 Å². The summed E-state index contributed by atoms with van der Waals surface area (Å²) in [6.07, 6.45) is 0.862. The standard InChI is InChI=1S/C37H48FN5O10S/c1-7-22-17-37(22,33(47)41-54(51,52)24-12-13-24)40-31(45)29-16-21(30-25-9-8-10-27(38)26(25)19-43(30)35(49)50)18-42(29)32(46)28(14-11-23(44)15-20(2)3)39-34(48)53-36(4,5)6/h7-10,15,21-22,24,28-30H,1,11-14,16-19H2,2-6H3,(H,39,48)(H,40,45)(H,41,47)(H,49,50)/t21-,22-,28+,29+,30?,37-/m1/s1. The molecule has 4 N–H and O–H groups in total. The molecular formula is C37H48FN5O10S. The molecule has 5 amide bonds. The number of fused-ring (bicyclic) bond motifs is 1. The van der Waals surface area contributed by atoms with E-state index in [1.54, 1.807) is 40.7 Å². The molecule has 0 bridgehead atoms. The molecule has 2 heterocycles. The number of alkyl carbamates (subject to hydrolysis) is 1. The maximum absolute atomic E-state index is 15.0. The lowest BCUT2D eigenvalue weighted by atomic mass is 9.90. The third kappa shape index (κ3) is 8.77. The quantitative estimate of drug-likeness (QED) is 0.170. The van der Waals surface area contributed by atoms with E-state index >= 15 is 0 Å². The van der Waals surface area contributed by atoms with Gasteiger partial charge in [-0.05, 0) is 84.4 Å². The van der Waals surface area contributed by atoms with Crippen molar-refractivity contribution in [3.63, 3.8) is 0 Å². The lowest BCUT2D eigenvalue weighted by molar-refractivity contribution is -0.141. The minimum atomic E-state index is -3.99. The zero-order valence-electron chi connectivity index (χ0n) is 31.0. The number of hydrogen-bond acceptors (Lipinski definition) is 9. The second-order valence-corrected chi connectivity index (χ2v) is 17.7. The number of carbonyl (C=O) groups excluding carboxylic acids is 5. The molecule has 17 heteroatoms. The summed E-state index contributed by atoms with van der Waals surface area (Å²) < 4.78 is 47.8. The molecule has 6 atom stereocenters. The normalized spacial score (nSPS) is 25.1. The number of hydrogen-bond donors (Lipinski definition) is 4. The van der Waals surface area contributed by atoms with Gasteiger partial charge < -0.3 is 25.4 Å².